The van der Waals surface area contributed by atoms with Crippen LogP contribution in [0.1, 0.15) is 18.1 Å². The largest absolute Gasteiger partial charge is 0.482 e. The van der Waals surface area contributed by atoms with Gasteiger partial charge in [-0.15, -0.1) is 0 Å². The average molecular weight is 411 g/mol. The predicted molar refractivity (Wildman–Crippen MR) is 107 cm³/mol. The first kappa shape index (κ1) is 20.8. The molecule has 2 aromatic rings. The van der Waals surface area contributed by atoms with Crippen LogP contribution >= 0.6 is 0 Å². The zero-order chi connectivity index (χ0) is 21.5. The van der Waals surface area contributed by atoms with E-state index in [1.165, 1.54) is 11.9 Å². The molecule has 9 heteroatoms. The van der Waals surface area contributed by atoms with Gasteiger partial charge in [-0.2, -0.15) is 0 Å². The van der Waals surface area contributed by atoms with Crippen molar-refractivity contribution in [2.45, 2.75) is 12.5 Å². The molecule has 1 aliphatic heterocycles. The number of amides is 4. The number of hydrogen-bond acceptors (Lipinski definition) is 6. The Bertz CT molecular complexity index is 947. The monoisotopic (exact) mass is 411 g/mol. The van der Waals surface area contributed by atoms with Crippen LogP contribution in [0.2, 0.25) is 0 Å². The summed E-state index contributed by atoms with van der Waals surface area (Å²) in [5, 5.41) is 4.38. The number of anilines is 1. The number of urea groups is 1. The maximum atomic E-state index is 12.5. The molecule has 0 radical (unpaired) electrons. The lowest BCUT2D eigenvalue weighted by Gasteiger charge is -2.29. The van der Waals surface area contributed by atoms with Crippen LogP contribution < -0.4 is 20.3 Å². The van der Waals surface area contributed by atoms with Crippen LogP contribution in [0, 0.1) is 0 Å². The Morgan fingerprint density at radius 2 is 1.80 bits per heavy atom. The summed E-state index contributed by atoms with van der Waals surface area (Å²) < 4.78 is 10.7. The molecule has 1 aliphatic rings. The SMILES string of the molecule is CNC(=O)NC(=O)[C@@H](OC(=O)CCN1C(=O)COc2ccccc21)c1ccccc1. The van der Waals surface area contributed by atoms with Crippen molar-refractivity contribution in [1.82, 2.24) is 10.6 Å². The minimum absolute atomic E-state index is 0.0661. The fourth-order valence-electron chi connectivity index (χ4n) is 2.93. The average Bonchev–Trinajstić information content (AvgIpc) is 2.77. The number of para-hydroxylation sites is 2. The first-order chi connectivity index (χ1) is 14.5. The Morgan fingerprint density at radius 1 is 1.10 bits per heavy atom. The van der Waals surface area contributed by atoms with Gasteiger partial charge in [0.15, 0.2) is 6.61 Å². The fraction of sp³-hybridized carbons (Fsp3) is 0.238. The highest BCUT2D eigenvalue weighted by Gasteiger charge is 2.29. The lowest BCUT2D eigenvalue weighted by Crippen LogP contribution is -2.42. The molecule has 30 heavy (non-hydrogen) atoms. The van der Waals surface area contributed by atoms with Gasteiger partial charge in [-0.05, 0) is 12.1 Å². The van der Waals surface area contributed by atoms with Gasteiger partial charge in [-0.1, -0.05) is 42.5 Å². The minimum Gasteiger partial charge on any atom is -0.482 e. The van der Waals surface area contributed by atoms with E-state index in [-0.39, 0.29) is 25.5 Å². The number of nitrogens with one attached hydrogen (secondary N) is 2. The molecule has 156 valence electrons. The van der Waals surface area contributed by atoms with Gasteiger partial charge in [-0.25, -0.2) is 4.79 Å². The molecular formula is C21H21N3O6. The van der Waals surface area contributed by atoms with E-state index in [1.807, 2.05) is 0 Å². The van der Waals surface area contributed by atoms with Gasteiger partial charge in [0, 0.05) is 19.2 Å². The van der Waals surface area contributed by atoms with Gasteiger partial charge >= 0.3 is 12.0 Å². The van der Waals surface area contributed by atoms with Crippen molar-refractivity contribution in [3.05, 3.63) is 60.2 Å². The fourth-order valence-corrected chi connectivity index (χ4v) is 2.93. The number of esters is 1. The Hall–Kier alpha value is -3.88. The van der Waals surface area contributed by atoms with E-state index in [1.54, 1.807) is 54.6 Å². The molecule has 9 nitrogen and oxygen atoms in total. The molecule has 2 N–H and O–H groups in total. The number of carbonyl (C=O) groups excluding carboxylic acids is 4. The van der Waals surface area contributed by atoms with E-state index in [2.05, 4.69) is 10.6 Å². The van der Waals surface area contributed by atoms with Gasteiger partial charge in [0.05, 0.1) is 12.1 Å². The Morgan fingerprint density at radius 3 is 2.53 bits per heavy atom. The summed E-state index contributed by atoms with van der Waals surface area (Å²) in [5.74, 6) is -1.19. The van der Waals surface area contributed by atoms with Crippen molar-refractivity contribution in [3.8, 4) is 5.75 Å². The summed E-state index contributed by atoms with van der Waals surface area (Å²) in [5.41, 5.74) is 0.985. The first-order valence-electron chi connectivity index (χ1n) is 9.29. The van der Waals surface area contributed by atoms with Crippen LogP contribution in [-0.4, -0.2) is 44.0 Å². The van der Waals surface area contributed by atoms with Crippen LogP contribution in [0.3, 0.4) is 0 Å². The second-order valence-electron chi connectivity index (χ2n) is 6.40. The number of benzene rings is 2. The number of imide groups is 1. The third-order valence-electron chi connectivity index (χ3n) is 4.40. The van der Waals surface area contributed by atoms with E-state index in [0.717, 1.165) is 0 Å². The maximum absolute atomic E-state index is 12.5. The molecule has 0 unspecified atom stereocenters. The second kappa shape index (κ2) is 9.55. The Labute approximate surface area is 172 Å². The Kier molecular flexibility index (Phi) is 6.63. The number of nitrogens with zero attached hydrogens (tertiary/aromatic N) is 1. The van der Waals surface area contributed by atoms with Gasteiger partial charge in [-0.3, -0.25) is 19.7 Å². The van der Waals surface area contributed by atoms with Crippen LogP contribution in [-0.2, 0) is 19.1 Å². The summed E-state index contributed by atoms with van der Waals surface area (Å²) in [7, 11) is 1.36. The molecule has 0 aliphatic carbocycles. The van der Waals surface area contributed by atoms with Crippen LogP contribution in [0.5, 0.6) is 5.75 Å². The van der Waals surface area contributed by atoms with Gasteiger partial charge in [0.25, 0.3) is 11.8 Å². The summed E-state index contributed by atoms with van der Waals surface area (Å²) >= 11 is 0. The molecule has 0 saturated heterocycles. The summed E-state index contributed by atoms with van der Waals surface area (Å²) in [6.45, 7) is -0.0517. The molecule has 3 rings (SSSR count). The number of fused-ring (bicyclic) bond motifs is 1. The van der Waals surface area contributed by atoms with Gasteiger partial charge in [0.2, 0.25) is 6.10 Å². The molecular weight excluding hydrogens is 390 g/mol. The molecule has 2 aromatic carbocycles. The van der Waals surface area contributed by atoms with Crippen molar-refractivity contribution < 1.29 is 28.7 Å². The number of rotatable bonds is 6. The van der Waals surface area contributed by atoms with E-state index >= 15 is 0 Å². The number of carbonyl (C=O) groups is 4. The maximum Gasteiger partial charge on any atom is 0.321 e. The lowest BCUT2D eigenvalue weighted by molar-refractivity contribution is -0.156. The normalized spacial score (nSPS) is 13.5. The smallest absolute Gasteiger partial charge is 0.321 e. The molecule has 0 saturated carbocycles. The zero-order valence-corrected chi connectivity index (χ0v) is 16.3. The van der Waals surface area contributed by atoms with Crippen molar-refractivity contribution >= 4 is 29.5 Å². The second-order valence-corrected chi connectivity index (χ2v) is 6.40. The van der Waals surface area contributed by atoms with E-state index in [9.17, 15) is 19.2 Å². The highest BCUT2D eigenvalue weighted by Crippen LogP contribution is 2.31. The van der Waals surface area contributed by atoms with E-state index in [4.69, 9.17) is 9.47 Å². The molecule has 0 fully saturated rings. The van der Waals surface area contributed by atoms with Crippen LogP contribution in [0.15, 0.2) is 54.6 Å². The summed E-state index contributed by atoms with van der Waals surface area (Å²) in [6.07, 6.45) is -1.44. The van der Waals surface area contributed by atoms with Crippen molar-refractivity contribution in [2.24, 2.45) is 0 Å². The molecule has 4 amide bonds. The van der Waals surface area contributed by atoms with E-state index < -0.39 is 24.0 Å². The third-order valence-corrected chi connectivity index (χ3v) is 4.40. The third kappa shape index (κ3) is 4.93. The minimum atomic E-state index is -1.30. The van der Waals surface area contributed by atoms with Gasteiger partial charge in [0.1, 0.15) is 5.75 Å². The van der Waals surface area contributed by atoms with Crippen molar-refractivity contribution in [2.75, 3.05) is 25.1 Å². The molecule has 0 aromatic heterocycles. The number of ether oxygens (including phenoxy) is 2. The topological polar surface area (TPSA) is 114 Å². The van der Waals surface area contributed by atoms with Crippen LogP contribution in [0.4, 0.5) is 10.5 Å². The molecule has 1 heterocycles. The lowest BCUT2D eigenvalue weighted by atomic mass is 10.1. The summed E-state index contributed by atoms with van der Waals surface area (Å²) in [4.78, 5) is 50.1. The molecule has 1 atom stereocenters. The Balaban J connectivity index is 1.68. The first-order valence-corrected chi connectivity index (χ1v) is 9.29. The van der Waals surface area contributed by atoms with E-state index in [0.29, 0.717) is 17.0 Å². The predicted octanol–water partition coefficient (Wildman–Crippen LogP) is 1.54. The number of hydrogen-bond donors (Lipinski definition) is 2. The van der Waals surface area contributed by atoms with Crippen molar-refractivity contribution in [3.63, 3.8) is 0 Å². The molecule has 0 bridgehead atoms. The standard InChI is InChI=1S/C21H21N3O6/c1-22-21(28)23-20(27)19(14-7-3-2-4-8-14)30-18(26)11-12-24-15-9-5-6-10-16(15)29-13-17(24)25/h2-10,19H,11-13H2,1H3,(H2,22,23,27,28)/t19-/m0/s1. The quantitative estimate of drug-likeness (QED) is 0.697. The van der Waals surface area contributed by atoms with Crippen LogP contribution in [0.25, 0.3) is 0 Å². The highest BCUT2D eigenvalue weighted by molar-refractivity contribution is 5.99. The molecule has 0 spiro atoms. The van der Waals surface area contributed by atoms with Crippen molar-refractivity contribution in [1.29, 1.82) is 0 Å². The highest BCUT2D eigenvalue weighted by atomic mass is 16.5. The van der Waals surface area contributed by atoms with Gasteiger partial charge < -0.3 is 19.7 Å². The zero-order valence-electron chi connectivity index (χ0n) is 16.3. The summed E-state index contributed by atoms with van der Waals surface area (Å²) in [6, 6.07) is 14.7.